The van der Waals surface area contributed by atoms with Gasteiger partial charge in [-0.05, 0) is 44.3 Å². The zero-order valence-electron chi connectivity index (χ0n) is 9.05. The quantitative estimate of drug-likeness (QED) is 0.790. The number of rotatable bonds is 1. The molecule has 0 bridgehead atoms. The van der Waals surface area contributed by atoms with Crippen LogP contribution in [-0.2, 0) is 0 Å². The molecule has 1 aromatic rings. The lowest BCUT2D eigenvalue weighted by molar-refractivity contribution is 0.516. The minimum atomic E-state index is -0.0107. The van der Waals surface area contributed by atoms with Gasteiger partial charge in [0, 0.05) is 12.2 Å². The molecule has 16 heavy (non-hydrogen) atoms. The smallest absolute Gasteiger partial charge is 0.174 e. The minimum Gasteiger partial charge on any atom is -0.356 e. The number of hydrogen-bond acceptors (Lipinski definition) is 1. The number of anilines is 1. The lowest BCUT2D eigenvalue weighted by Gasteiger charge is -2.19. The van der Waals surface area contributed by atoms with Crippen LogP contribution in [0.15, 0.2) is 18.2 Å². The summed E-state index contributed by atoms with van der Waals surface area (Å²) >= 11 is 17.2. The highest BCUT2D eigenvalue weighted by molar-refractivity contribution is 7.80. The fraction of sp³-hybridized carbons (Fsp3) is 0.364. The van der Waals surface area contributed by atoms with Gasteiger partial charge in [0.15, 0.2) is 5.11 Å². The first-order chi connectivity index (χ1) is 7.39. The van der Waals surface area contributed by atoms with Gasteiger partial charge in [-0.15, -0.1) is 0 Å². The average molecular weight is 275 g/mol. The molecule has 0 atom stereocenters. The van der Waals surface area contributed by atoms with Gasteiger partial charge in [-0.1, -0.05) is 23.2 Å². The molecule has 0 spiro atoms. The van der Waals surface area contributed by atoms with Crippen molar-refractivity contribution in [3.63, 3.8) is 0 Å². The Balaban J connectivity index is 2.32. The topological polar surface area (TPSA) is 15.3 Å². The van der Waals surface area contributed by atoms with Gasteiger partial charge in [0.2, 0.25) is 0 Å². The summed E-state index contributed by atoms with van der Waals surface area (Å²) in [5, 5.41) is 5.09. The first kappa shape index (κ1) is 12.0. The van der Waals surface area contributed by atoms with E-state index < -0.39 is 0 Å². The number of benzene rings is 1. The van der Waals surface area contributed by atoms with Gasteiger partial charge < -0.3 is 10.2 Å². The van der Waals surface area contributed by atoms with Crippen LogP contribution in [0.25, 0.3) is 0 Å². The lowest BCUT2D eigenvalue weighted by Crippen LogP contribution is -2.36. The zero-order chi connectivity index (χ0) is 11.9. The number of hydrogen-bond donors (Lipinski definition) is 1. The third-order valence-electron chi connectivity index (χ3n) is 2.46. The second-order valence-electron chi connectivity index (χ2n) is 4.50. The van der Waals surface area contributed by atoms with Crippen molar-refractivity contribution in [1.82, 2.24) is 5.32 Å². The fourth-order valence-electron chi connectivity index (χ4n) is 1.73. The molecular formula is C11H12Cl2N2S. The second-order valence-corrected chi connectivity index (χ2v) is 5.70. The van der Waals surface area contributed by atoms with E-state index in [1.807, 2.05) is 17.0 Å². The molecule has 2 nitrogen and oxygen atoms in total. The van der Waals surface area contributed by atoms with Crippen molar-refractivity contribution in [3.05, 3.63) is 28.2 Å². The van der Waals surface area contributed by atoms with Gasteiger partial charge >= 0.3 is 0 Å². The van der Waals surface area contributed by atoms with Crippen molar-refractivity contribution in [2.45, 2.75) is 19.4 Å². The van der Waals surface area contributed by atoms with Gasteiger partial charge in [-0.3, -0.25) is 0 Å². The van der Waals surface area contributed by atoms with Gasteiger partial charge in [0.25, 0.3) is 0 Å². The Hall–Kier alpha value is -0.510. The number of nitrogens with zero attached hydrogens (tertiary/aromatic N) is 1. The van der Waals surface area contributed by atoms with E-state index in [4.69, 9.17) is 35.4 Å². The highest BCUT2D eigenvalue weighted by atomic mass is 35.5. The maximum absolute atomic E-state index is 5.99. The first-order valence-electron chi connectivity index (χ1n) is 4.94. The average Bonchev–Trinajstić information content (AvgIpc) is 2.45. The molecule has 0 unspecified atom stereocenters. The Labute approximate surface area is 111 Å². The number of nitrogens with one attached hydrogen (secondary N) is 1. The normalized spacial score (nSPS) is 18.8. The molecule has 1 fully saturated rings. The first-order valence-corrected chi connectivity index (χ1v) is 6.10. The van der Waals surface area contributed by atoms with Crippen LogP contribution in [0.4, 0.5) is 5.69 Å². The summed E-state index contributed by atoms with van der Waals surface area (Å²) in [5.74, 6) is 0. The summed E-state index contributed by atoms with van der Waals surface area (Å²) in [4.78, 5) is 2.03. The van der Waals surface area contributed by atoms with E-state index in [0.29, 0.717) is 10.0 Å². The maximum Gasteiger partial charge on any atom is 0.174 e. The monoisotopic (exact) mass is 274 g/mol. The van der Waals surface area contributed by atoms with E-state index in [1.54, 1.807) is 6.07 Å². The SMILES string of the molecule is CC1(C)CN(c2ccc(Cl)c(Cl)c2)C(=S)N1. The highest BCUT2D eigenvalue weighted by Crippen LogP contribution is 2.29. The molecular weight excluding hydrogens is 263 g/mol. The summed E-state index contributed by atoms with van der Waals surface area (Å²) < 4.78 is 0. The van der Waals surface area contributed by atoms with Gasteiger partial charge in [-0.2, -0.15) is 0 Å². The molecule has 1 saturated heterocycles. The van der Waals surface area contributed by atoms with E-state index in [2.05, 4.69) is 19.2 Å². The minimum absolute atomic E-state index is 0.0107. The summed E-state index contributed by atoms with van der Waals surface area (Å²) in [6.45, 7) is 5.04. The largest absolute Gasteiger partial charge is 0.356 e. The molecule has 5 heteroatoms. The van der Waals surface area contributed by atoms with Crippen LogP contribution in [0, 0.1) is 0 Å². The summed E-state index contributed by atoms with van der Waals surface area (Å²) in [6.07, 6.45) is 0. The van der Waals surface area contributed by atoms with E-state index in [9.17, 15) is 0 Å². The van der Waals surface area contributed by atoms with Crippen molar-refractivity contribution in [2.75, 3.05) is 11.4 Å². The highest BCUT2D eigenvalue weighted by Gasteiger charge is 2.32. The van der Waals surface area contributed by atoms with E-state index in [0.717, 1.165) is 17.3 Å². The summed E-state index contributed by atoms with van der Waals surface area (Å²) in [6, 6.07) is 5.54. The third kappa shape index (κ3) is 2.26. The zero-order valence-corrected chi connectivity index (χ0v) is 11.4. The van der Waals surface area contributed by atoms with Crippen LogP contribution in [0.1, 0.15) is 13.8 Å². The second kappa shape index (κ2) is 4.06. The standard InChI is InChI=1S/C11H12Cl2N2S/c1-11(2)6-15(10(16)14-11)7-3-4-8(12)9(13)5-7/h3-5H,6H2,1-2H3,(H,14,16). The van der Waals surface area contributed by atoms with Crippen molar-refractivity contribution in [2.24, 2.45) is 0 Å². The molecule has 1 aliphatic heterocycles. The van der Waals surface area contributed by atoms with E-state index in [1.165, 1.54) is 0 Å². The predicted octanol–water partition coefficient (Wildman–Crippen LogP) is 3.47. The lowest BCUT2D eigenvalue weighted by atomic mass is 10.1. The number of thiocarbonyl (C=S) groups is 1. The van der Waals surface area contributed by atoms with Crippen molar-refractivity contribution in [1.29, 1.82) is 0 Å². The molecule has 0 amide bonds. The van der Waals surface area contributed by atoms with Crippen LogP contribution < -0.4 is 10.2 Å². The van der Waals surface area contributed by atoms with Gasteiger partial charge in [-0.25, -0.2) is 0 Å². The van der Waals surface area contributed by atoms with Crippen LogP contribution in [0.5, 0.6) is 0 Å². The van der Waals surface area contributed by atoms with Crippen molar-refractivity contribution in [3.8, 4) is 0 Å². The molecule has 0 radical (unpaired) electrons. The fourth-order valence-corrected chi connectivity index (χ4v) is 2.46. The van der Waals surface area contributed by atoms with Crippen LogP contribution in [0.3, 0.4) is 0 Å². The number of halogens is 2. The molecule has 86 valence electrons. The molecule has 0 aromatic heterocycles. The third-order valence-corrected chi connectivity index (χ3v) is 3.52. The molecule has 1 aliphatic rings. The van der Waals surface area contributed by atoms with Crippen molar-refractivity contribution >= 4 is 46.2 Å². The Morgan fingerprint density at radius 3 is 2.50 bits per heavy atom. The Kier molecular flexibility index (Phi) is 3.03. The summed E-state index contributed by atoms with van der Waals surface area (Å²) in [5.41, 5.74) is 0.959. The summed E-state index contributed by atoms with van der Waals surface area (Å²) in [7, 11) is 0. The molecule has 0 aliphatic carbocycles. The molecule has 2 rings (SSSR count). The Morgan fingerprint density at radius 1 is 1.31 bits per heavy atom. The molecule has 0 saturated carbocycles. The van der Waals surface area contributed by atoms with E-state index in [-0.39, 0.29) is 5.54 Å². The van der Waals surface area contributed by atoms with E-state index >= 15 is 0 Å². The maximum atomic E-state index is 5.99. The van der Waals surface area contributed by atoms with Gasteiger partial charge in [0.05, 0.1) is 15.6 Å². The van der Waals surface area contributed by atoms with Crippen LogP contribution >= 0.6 is 35.4 Å². The van der Waals surface area contributed by atoms with Crippen LogP contribution in [-0.4, -0.2) is 17.2 Å². The van der Waals surface area contributed by atoms with Crippen LogP contribution in [0.2, 0.25) is 10.0 Å². The molecule has 1 N–H and O–H groups in total. The molecule has 1 aromatic carbocycles. The Bertz CT molecular complexity index is 446. The van der Waals surface area contributed by atoms with Gasteiger partial charge in [0.1, 0.15) is 0 Å². The predicted molar refractivity (Wildman–Crippen MR) is 73.6 cm³/mol. The van der Waals surface area contributed by atoms with Crippen molar-refractivity contribution < 1.29 is 0 Å². The Morgan fingerprint density at radius 2 is 2.00 bits per heavy atom. The molecule has 1 heterocycles.